The van der Waals surface area contributed by atoms with Gasteiger partial charge in [-0.05, 0) is 18.6 Å². The molecule has 5 heteroatoms. The first-order valence-corrected chi connectivity index (χ1v) is 7.09. The molecule has 0 aromatic heterocycles. The molecule has 1 atom stereocenters. The van der Waals surface area contributed by atoms with Gasteiger partial charge in [-0.1, -0.05) is 13.8 Å². The average molecular weight is 266 g/mol. The number of allylic oxidation sites excluding steroid dienone is 3. The minimum atomic E-state index is 0.0288. The van der Waals surface area contributed by atoms with Crippen LogP contribution in [0.4, 0.5) is 0 Å². The van der Waals surface area contributed by atoms with Crippen molar-refractivity contribution in [3.63, 3.8) is 0 Å². The largest absolute Gasteiger partial charge is 0.372 e. The predicted octanol–water partition coefficient (Wildman–Crippen LogP) is 1.55. The molecule has 0 fully saturated rings. The molecule has 1 unspecified atom stereocenters. The third kappa shape index (κ3) is 3.16. The van der Waals surface area contributed by atoms with Gasteiger partial charge in [-0.2, -0.15) is 0 Å². The molecule has 2 rings (SSSR count). The Bertz CT molecular complexity index is 427. The van der Waals surface area contributed by atoms with Gasteiger partial charge in [-0.25, -0.2) is 0 Å². The number of amides is 1. The number of carbonyl (C=O) groups is 2. The number of ketones is 1. The second-order valence-corrected chi connectivity index (χ2v) is 6.10. The summed E-state index contributed by atoms with van der Waals surface area (Å²) < 4.78 is 0. The lowest BCUT2D eigenvalue weighted by Gasteiger charge is -2.13. The van der Waals surface area contributed by atoms with Crippen LogP contribution in [0.5, 0.6) is 0 Å². The van der Waals surface area contributed by atoms with Crippen molar-refractivity contribution in [2.75, 3.05) is 6.54 Å². The first-order valence-electron chi connectivity index (χ1n) is 6.21. The fourth-order valence-electron chi connectivity index (χ4n) is 1.85. The molecule has 0 saturated carbocycles. The molecule has 2 aliphatic rings. The second-order valence-electron chi connectivity index (χ2n) is 4.80. The Labute approximate surface area is 111 Å². The molecular weight excluding hydrogens is 248 g/mol. The van der Waals surface area contributed by atoms with Crippen LogP contribution in [-0.2, 0) is 9.59 Å². The van der Waals surface area contributed by atoms with Gasteiger partial charge < -0.3 is 10.6 Å². The molecule has 0 aromatic rings. The zero-order chi connectivity index (χ0) is 13.1. The summed E-state index contributed by atoms with van der Waals surface area (Å²) >= 11 is 1.70. The van der Waals surface area contributed by atoms with Gasteiger partial charge in [0.05, 0.1) is 5.37 Å². The number of rotatable bonds is 4. The highest BCUT2D eigenvalue weighted by atomic mass is 32.2. The lowest BCUT2D eigenvalue weighted by atomic mass is 10.1. The number of hydrogen-bond acceptors (Lipinski definition) is 4. The Morgan fingerprint density at radius 3 is 3.06 bits per heavy atom. The van der Waals surface area contributed by atoms with Crippen molar-refractivity contribution < 1.29 is 9.59 Å². The molecule has 1 aliphatic heterocycles. The standard InChI is InChI=1S/C13H18N2O2S/c1-8(2)13(17)14-6-5-12-15-10-4-3-9(16)7-11(10)18-12/h3-4,8,12,15H,5-7H2,1-2H3,(H,14,17). The van der Waals surface area contributed by atoms with Crippen LogP contribution >= 0.6 is 11.8 Å². The Kier molecular flexibility index (Phi) is 4.11. The molecule has 0 spiro atoms. The van der Waals surface area contributed by atoms with E-state index in [0.29, 0.717) is 13.0 Å². The van der Waals surface area contributed by atoms with Crippen molar-refractivity contribution in [3.05, 3.63) is 22.8 Å². The Morgan fingerprint density at radius 2 is 2.33 bits per heavy atom. The van der Waals surface area contributed by atoms with Gasteiger partial charge in [0.2, 0.25) is 5.91 Å². The topological polar surface area (TPSA) is 58.2 Å². The number of thioether (sulfide) groups is 1. The summed E-state index contributed by atoms with van der Waals surface area (Å²) in [4.78, 5) is 23.8. The van der Waals surface area contributed by atoms with Gasteiger partial charge >= 0.3 is 0 Å². The summed E-state index contributed by atoms with van der Waals surface area (Å²) in [5.74, 6) is 0.281. The van der Waals surface area contributed by atoms with Gasteiger partial charge in [0.25, 0.3) is 0 Å². The van der Waals surface area contributed by atoms with E-state index in [4.69, 9.17) is 0 Å². The maximum atomic E-state index is 11.4. The van der Waals surface area contributed by atoms with E-state index in [-0.39, 0.29) is 23.0 Å². The molecule has 18 heavy (non-hydrogen) atoms. The quantitative estimate of drug-likeness (QED) is 0.810. The summed E-state index contributed by atoms with van der Waals surface area (Å²) in [5, 5.41) is 6.53. The van der Waals surface area contributed by atoms with Crippen LogP contribution in [0.1, 0.15) is 26.7 Å². The van der Waals surface area contributed by atoms with Gasteiger partial charge in [-0.3, -0.25) is 9.59 Å². The Balaban J connectivity index is 1.74. The first-order chi connectivity index (χ1) is 8.56. The lowest BCUT2D eigenvalue weighted by Crippen LogP contribution is -2.32. The van der Waals surface area contributed by atoms with Crippen LogP contribution in [0, 0.1) is 5.92 Å². The summed E-state index contributed by atoms with van der Waals surface area (Å²) in [5.41, 5.74) is 1.07. The molecule has 0 radical (unpaired) electrons. The van der Waals surface area contributed by atoms with Crippen molar-refractivity contribution in [1.29, 1.82) is 0 Å². The lowest BCUT2D eigenvalue weighted by molar-refractivity contribution is -0.124. The highest BCUT2D eigenvalue weighted by Gasteiger charge is 2.26. The number of hydrogen-bond donors (Lipinski definition) is 2. The summed E-state index contributed by atoms with van der Waals surface area (Å²) in [6.45, 7) is 4.43. The van der Waals surface area contributed by atoms with Crippen LogP contribution in [-0.4, -0.2) is 23.6 Å². The van der Waals surface area contributed by atoms with Gasteiger partial charge in [-0.15, -0.1) is 11.8 Å². The highest BCUT2D eigenvalue weighted by molar-refractivity contribution is 8.03. The van der Waals surface area contributed by atoms with Crippen molar-refractivity contribution >= 4 is 23.5 Å². The number of carbonyl (C=O) groups excluding carboxylic acids is 2. The zero-order valence-corrected chi connectivity index (χ0v) is 11.5. The highest BCUT2D eigenvalue weighted by Crippen LogP contribution is 2.36. The Hall–Kier alpha value is -1.23. The molecule has 1 amide bonds. The molecular formula is C13H18N2O2S. The van der Waals surface area contributed by atoms with Crippen LogP contribution in [0.3, 0.4) is 0 Å². The van der Waals surface area contributed by atoms with Crippen LogP contribution in [0.15, 0.2) is 22.8 Å². The SMILES string of the molecule is CC(C)C(=O)NCCC1NC2=C(CC(=O)C=C2)S1. The van der Waals surface area contributed by atoms with E-state index in [1.165, 1.54) is 0 Å². The van der Waals surface area contributed by atoms with E-state index in [2.05, 4.69) is 10.6 Å². The molecule has 98 valence electrons. The minimum Gasteiger partial charge on any atom is -0.372 e. The first kappa shape index (κ1) is 13.2. The molecule has 2 N–H and O–H groups in total. The van der Waals surface area contributed by atoms with Crippen molar-refractivity contribution in [2.24, 2.45) is 5.92 Å². The zero-order valence-electron chi connectivity index (χ0n) is 10.7. The van der Waals surface area contributed by atoms with Gasteiger partial charge in [0.1, 0.15) is 0 Å². The van der Waals surface area contributed by atoms with Crippen LogP contribution in [0.25, 0.3) is 0 Å². The monoisotopic (exact) mass is 266 g/mol. The third-order valence-corrected chi connectivity index (χ3v) is 4.19. The van der Waals surface area contributed by atoms with E-state index in [9.17, 15) is 9.59 Å². The van der Waals surface area contributed by atoms with E-state index in [0.717, 1.165) is 17.0 Å². The summed E-state index contributed by atoms with van der Waals surface area (Å²) in [6, 6.07) is 0. The maximum absolute atomic E-state index is 11.4. The minimum absolute atomic E-state index is 0.0288. The second kappa shape index (κ2) is 5.61. The van der Waals surface area contributed by atoms with Crippen molar-refractivity contribution in [2.45, 2.75) is 32.1 Å². The molecule has 0 aromatic carbocycles. The van der Waals surface area contributed by atoms with E-state index >= 15 is 0 Å². The van der Waals surface area contributed by atoms with Crippen molar-refractivity contribution in [1.82, 2.24) is 10.6 Å². The van der Waals surface area contributed by atoms with E-state index < -0.39 is 0 Å². The van der Waals surface area contributed by atoms with E-state index in [1.807, 2.05) is 19.9 Å². The predicted molar refractivity (Wildman–Crippen MR) is 72.8 cm³/mol. The van der Waals surface area contributed by atoms with Gasteiger partial charge in [0.15, 0.2) is 5.78 Å². The molecule has 4 nitrogen and oxygen atoms in total. The molecule has 0 saturated heterocycles. The third-order valence-electron chi connectivity index (χ3n) is 2.90. The number of nitrogens with one attached hydrogen (secondary N) is 2. The molecule has 1 aliphatic carbocycles. The molecule has 0 bridgehead atoms. The average Bonchev–Trinajstić information content (AvgIpc) is 2.70. The maximum Gasteiger partial charge on any atom is 0.222 e. The van der Waals surface area contributed by atoms with Crippen LogP contribution < -0.4 is 10.6 Å². The van der Waals surface area contributed by atoms with Crippen molar-refractivity contribution in [3.8, 4) is 0 Å². The van der Waals surface area contributed by atoms with E-state index in [1.54, 1.807) is 17.8 Å². The fourth-order valence-corrected chi connectivity index (χ4v) is 3.10. The van der Waals surface area contributed by atoms with Gasteiger partial charge in [0, 0.05) is 29.5 Å². The smallest absolute Gasteiger partial charge is 0.222 e. The molecule has 1 heterocycles. The summed E-state index contributed by atoms with van der Waals surface area (Å²) in [6.07, 6.45) is 4.84. The Morgan fingerprint density at radius 1 is 1.56 bits per heavy atom. The normalized spacial score (nSPS) is 22.2. The van der Waals surface area contributed by atoms with Crippen LogP contribution in [0.2, 0.25) is 0 Å². The fraction of sp³-hybridized carbons (Fsp3) is 0.538. The summed E-state index contributed by atoms with van der Waals surface area (Å²) in [7, 11) is 0.